The fourth-order valence-electron chi connectivity index (χ4n) is 3.30. The average Bonchev–Trinajstić information content (AvgIpc) is 2.87. The van der Waals surface area contributed by atoms with Crippen LogP contribution in [-0.4, -0.2) is 109 Å². The molecule has 0 fully saturated rings. The van der Waals surface area contributed by atoms with Crippen LogP contribution in [0.4, 0.5) is 0 Å². The molecular weight excluding hydrogens is 520 g/mol. The maximum atomic E-state index is 12.5. The highest BCUT2D eigenvalue weighted by atomic mass is 32.2. The number of nitrogens with one attached hydrogen (secondary N) is 3. The Morgan fingerprint density at radius 1 is 0.895 bits per heavy atom. The summed E-state index contributed by atoms with van der Waals surface area (Å²) in [5, 5.41) is 12.2. The van der Waals surface area contributed by atoms with Crippen LogP contribution in [0.1, 0.15) is 45.4 Å². The molecule has 0 radical (unpaired) electrons. The molecule has 222 valence electrons. The van der Waals surface area contributed by atoms with E-state index in [2.05, 4.69) is 26.0 Å². The van der Waals surface area contributed by atoms with Crippen molar-refractivity contribution in [1.29, 1.82) is 0 Å². The van der Waals surface area contributed by atoms with Gasteiger partial charge < -0.3 is 30.2 Å². The molecule has 0 aromatic heterocycles. The molecule has 0 bridgehead atoms. The first kappa shape index (κ1) is 36.2. The molecule has 0 aliphatic rings. The molecule has 0 aliphatic heterocycles. The molecule has 0 spiro atoms. The summed E-state index contributed by atoms with van der Waals surface area (Å²) in [7, 11) is -3.94. The Balaban J connectivity index is 3.62. The van der Waals surface area contributed by atoms with Gasteiger partial charge in [0.25, 0.3) is 10.1 Å². The minimum atomic E-state index is -3.94. The van der Waals surface area contributed by atoms with Gasteiger partial charge in [-0.3, -0.25) is 14.1 Å². The van der Waals surface area contributed by atoms with E-state index in [9.17, 15) is 18.0 Å². The summed E-state index contributed by atoms with van der Waals surface area (Å²) in [5.41, 5.74) is 8.13. The fraction of sp³-hybridized carbons (Fsp3) is 0.913. The van der Waals surface area contributed by atoms with Crippen LogP contribution in [0, 0.1) is 5.92 Å². The van der Waals surface area contributed by atoms with E-state index in [4.69, 9.17) is 24.3 Å². The maximum absolute atomic E-state index is 12.5. The predicted molar refractivity (Wildman–Crippen MR) is 144 cm³/mol. The molecular formula is C23H46N6O8S. The molecule has 1 unspecified atom stereocenters. The number of unbranched alkanes of at least 4 members (excludes halogenated alkanes) is 1. The lowest BCUT2D eigenvalue weighted by Gasteiger charge is -2.14. The summed E-state index contributed by atoms with van der Waals surface area (Å²) in [6.07, 6.45) is 3.57. The van der Waals surface area contributed by atoms with Crippen molar-refractivity contribution >= 4 is 21.8 Å². The van der Waals surface area contributed by atoms with E-state index in [1.807, 2.05) is 6.92 Å². The van der Waals surface area contributed by atoms with Crippen LogP contribution in [0.3, 0.4) is 0 Å². The molecule has 0 saturated heterocycles. The fourth-order valence-corrected chi connectivity index (χ4v) is 3.71. The van der Waals surface area contributed by atoms with Gasteiger partial charge in [0.2, 0.25) is 5.91 Å². The van der Waals surface area contributed by atoms with E-state index < -0.39 is 10.1 Å². The van der Waals surface area contributed by atoms with Crippen molar-refractivity contribution in [3.8, 4) is 0 Å². The highest BCUT2D eigenvalue weighted by molar-refractivity contribution is 7.85. The largest absolute Gasteiger partial charge is 0.379 e. The quantitative estimate of drug-likeness (QED) is 0.0349. The number of carbonyl (C=O) groups is 2. The molecule has 1 atom stereocenters. The van der Waals surface area contributed by atoms with E-state index in [1.165, 1.54) is 0 Å². The van der Waals surface area contributed by atoms with E-state index in [1.54, 1.807) is 0 Å². The molecule has 1 amide bonds. The van der Waals surface area contributed by atoms with Gasteiger partial charge in [0, 0.05) is 69.5 Å². The van der Waals surface area contributed by atoms with Gasteiger partial charge in [-0.05, 0) is 31.2 Å². The van der Waals surface area contributed by atoms with Crippen LogP contribution < -0.4 is 16.0 Å². The summed E-state index contributed by atoms with van der Waals surface area (Å²) < 4.78 is 45.9. The first-order valence-corrected chi connectivity index (χ1v) is 14.8. The Hall–Kier alpha value is -1.84. The van der Waals surface area contributed by atoms with Crippen LogP contribution in [-0.2, 0) is 33.9 Å². The van der Waals surface area contributed by atoms with Gasteiger partial charge in [-0.2, -0.15) is 8.42 Å². The lowest BCUT2D eigenvalue weighted by molar-refractivity contribution is -0.124. The van der Waals surface area contributed by atoms with E-state index in [-0.39, 0.29) is 29.9 Å². The molecule has 15 heteroatoms. The SMILES string of the molecule is CCC(CCC(=O)NCCNCCNCCS(=O)(=O)O)C(=O)CCCCOCCOCCOCCN=[N+]=[N-]. The van der Waals surface area contributed by atoms with Crippen LogP contribution in [0.15, 0.2) is 5.11 Å². The smallest absolute Gasteiger partial charge is 0.266 e. The Bertz CT molecular complexity index is 765. The van der Waals surface area contributed by atoms with Crippen LogP contribution >= 0.6 is 0 Å². The highest BCUT2D eigenvalue weighted by Crippen LogP contribution is 2.16. The van der Waals surface area contributed by atoms with Gasteiger partial charge >= 0.3 is 0 Å². The number of amides is 1. The molecule has 0 aromatic rings. The number of nitrogens with zero attached hydrogens (tertiary/aromatic N) is 3. The number of azide groups is 1. The standard InChI is InChI=1S/C23H46N6O8S/c1-2-21(6-7-23(31)27-11-10-25-8-9-26-13-20-38(32,33)34)22(30)5-3-4-14-35-16-18-37-19-17-36-15-12-28-29-24/h21,25-26H,2-20H2,1H3,(H,27,31)(H,32,33,34). The predicted octanol–water partition coefficient (Wildman–Crippen LogP) is 1.08. The Morgan fingerprint density at radius 3 is 2.13 bits per heavy atom. The van der Waals surface area contributed by atoms with Gasteiger partial charge in [0.1, 0.15) is 5.78 Å². The van der Waals surface area contributed by atoms with E-state index in [0.717, 1.165) is 12.8 Å². The Labute approximate surface area is 226 Å². The molecule has 0 heterocycles. The number of rotatable bonds is 28. The number of hydrogen-bond acceptors (Lipinski definition) is 10. The first-order chi connectivity index (χ1) is 18.3. The van der Waals surface area contributed by atoms with Crippen molar-refractivity contribution in [1.82, 2.24) is 16.0 Å². The van der Waals surface area contributed by atoms with Crippen LogP contribution in [0.25, 0.3) is 10.4 Å². The summed E-state index contributed by atoms with van der Waals surface area (Å²) in [5.74, 6) is -0.334. The number of ketones is 1. The second-order valence-corrected chi connectivity index (χ2v) is 10.1. The average molecular weight is 567 g/mol. The molecule has 0 saturated carbocycles. The van der Waals surface area contributed by atoms with Crippen molar-refractivity contribution in [2.45, 2.75) is 45.4 Å². The van der Waals surface area contributed by atoms with Gasteiger partial charge in [-0.1, -0.05) is 12.0 Å². The Kier molecular flexibility index (Phi) is 24.2. The zero-order valence-electron chi connectivity index (χ0n) is 22.6. The summed E-state index contributed by atoms with van der Waals surface area (Å²) in [6.45, 7) is 7.39. The Morgan fingerprint density at radius 2 is 1.50 bits per heavy atom. The van der Waals surface area contributed by atoms with Crippen molar-refractivity contribution in [2.24, 2.45) is 11.0 Å². The lowest BCUT2D eigenvalue weighted by Crippen LogP contribution is -2.36. The molecule has 4 N–H and O–H groups in total. The zero-order chi connectivity index (χ0) is 28.3. The van der Waals surface area contributed by atoms with E-state index in [0.29, 0.717) is 98.0 Å². The van der Waals surface area contributed by atoms with Crippen LogP contribution in [0.5, 0.6) is 0 Å². The third kappa shape index (κ3) is 25.8. The third-order valence-electron chi connectivity index (χ3n) is 5.41. The molecule has 38 heavy (non-hydrogen) atoms. The van der Waals surface area contributed by atoms with Crippen molar-refractivity contribution in [2.75, 3.05) is 84.7 Å². The number of ether oxygens (including phenoxy) is 3. The molecule has 0 rings (SSSR count). The lowest BCUT2D eigenvalue weighted by atomic mass is 9.92. The van der Waals surface area contributed by atoms with Gasteiger partial charge in [0.05, 0.1) is 38.8 Å². The maximum Gasteiger partial charge on any atom is 0.266 e. The topological polar surface area (TPSA) is 201 Å². The zero-order valence-corrected chi connectivity index (χ0v) is 23.4. The minimum absolute atomic E-state index is 0.0836. The minimum Gasteiger partial charge on any atom is -0.379 e. The van der Waals surface area contributed by atoms with Gasteiger partial charge in [-0.15, -0.1) is 0 Å². The van der Waals surface area contributed by atoms with Gasteiger partial charge in [0.15, 0.2) is 0 Å². The van der Waals surface area contributed by atoms with Crippen molar-refractivity contribution < 1.29 is 36.8 Å². The van der Waals surface area contributed by atoms with Gasteiger partial charge in [-0.25, -0.2) is 0 Å². The molecule has 0 aromatic carbocycles. The number of Topliss-reactive ketones (excluding diaryl/α,β-unsaturated/α-hetero) is 1. The number of carbonyl (C=O) groups excluding carboxylic acids is 2. The molecule has 0 aliphatic carbocycles. The van der Waals surface area contributed by atoms with Crippen LogP contribution in [0.2, 0.25) is 0 Å². The van der Waals surface area contributed by atoms with Crippen molar-refractivity contribution in [3.05, 3.63) is 10.4 Å². The first-order valence-electron chi connectivity index (χ1n) is 13.2. The number of hydrogen-bond donors (Lipinski definition) is 4. The summed E-state index contributed by atoms with van der Waals surface area (Å²) in [4.78, 5) is 27.2. The normalized spacial score (nSPS) is 12.2. The van der Waals surface area contributed by atoms with Crippen molar-refractivity contribution in [3.63, 3.8) is 0 Å². The second-order valence-electron chi connectivity index (χ2n) is 8.49. The monoisotopic (exact) mass is 566 g/mol. The second kappa shape index (κ2) is 25.4. The summed E-state index contributed by atoms with van der Waals surface area (Å²) >= 11 is 0. The summed E-state index contributed by atoms with van der Waals surface area (Å²) in [6, 6.07) is 0. The van der Waals surface area contributed by atoms with E-state index >= 15 is 0 Å². The highest BCUT2D eigenvalue weighted by Gasteiger charge is 2.17. The molecule has 14 nitrogen and oxygen atoms in total. The third-order valence-corrected chi connectivity index (χ3v) is 6.13.